The summed E-state index contributed by atoms with van der Waals surface area (Å²) in [5.74, 6) is 1.78. The van der Waals surface area contributed by atoms with Gasteiger partial charge < -0.3 is 15.0 Å². The SMILES string of the molecule is Cc1nc(NCCNS(=O)(=O)c2cc([N+](=O)[O-])c(C)c([N+](=O)[O-])c2)cc(N2CCOCC2)n1. The van der Waals surface area contributed by atoms with E-state index < -0.39 is 36.1 Å². The molecule has 0 amide bonds. The standard InChI is InChI=1S/C18H23N7O7S/c1-12-15(24(26)27)9-14(10-16(12)25(28)29)33(30,31)20-4-3-19-17-11-18(22-13(2)21-17)23-5-7-32-8-6-23/h9-11,20H,3-8H2,1-2H3,(H,19,21,22). The first-order valence-corrected chi connectivity index (χ1v) is 11.4. The summed E-state index contributed by atoms with van der Waals surface area (Å²) >= 11 is 0. The summed E-state index contributed by atoms with van der Waals surface area (Å²) in [6, 6.07) is 3.36. The van der Waals surface area contributed by atoms with Gasteiger partial charge in [0, 0.05) is 44.4 Å². The Morgan fingerprint density at radius 2 is 1.64 bits per heavy atom. The highest BCUT2D eigenvalue weighted by Crippen LogP contribution is 2.31. The molecule has 1 aliphatic rings. The summed E-state index contributed by atoms with van der Waals surface area (Å²) in [5, 5.41) is 25.4. The zero-order chi connectivity index (χ0) is 24.2. The molecule has 1 saturated heterocycles. The molecule has 0 bridgehead atoms. The quantitative estimate of drug-likeness (QED) is 0.297. The molecule has 1 fully saturated rings. The van der Waals surface area contributed by atoms with E-state index in [2.05, 4.69) is 24.9 Å². The van der Waals surface area contributed by atoms with Gasteiger partial charge in [-0.3, -0.25) is 20.2 Å². The van der Waals surface area contributed by atoms with Gasteiger partial charge >= 0.3 is 0 Å². The molecule has 1 aromatic heterocycles. The average molecular weight is 481 g/mol. The molecule has 33 heavy (non-hydrogen) atoms. The van der Waals surface area contributed by atoms with Crippen molar-refractivity contribution in [1.82, 2.24) is 14.7 Å². The Hall–Kier alpha value is -3.43. The Morgan fingerprint density at radius 3 is 2.21 bits per heavy atom. The van der Waals surface area contributed by atoms with Crippen molar-refractivity contribution in [3.05, 3.63) is 49.8 Å². The Balaban J connectivity index is 1.68. The van der Waals surface area contributed by atoms with E-state index in [0.717, 1.165) is 18.0 Å². The first-order valence-electron chi connectivity index (χ1n) is 9.94. The first-order chi connectivity index (χ1) is 15.6. The Bertz CT molecular complexity index is 1130. The van der Waals surface area contributed by atoms with Gasteiger partial charge in [-0.05, 0) is 13.8 Å². The van der Waals surface area contributed by atoms with E-state index in [1.54, 1.807) is 13.0 Å². The van der Waals surface area contributed by atoms with Crippen LogP contribution in [0.25, 0.3) is 0 Å². The van der Waals surface area contributed by atoms with Crippen LogP contribution in [0.1, 0.15) is 11.4 Å². The van der Waals surface area contributed by atoms with Crippen molar-refractivity contribution in [3.8, 4) is 0 Å². The number of aryl methyl sites for hydroxylation is 1. The molecule has 0 atom stereocenters. The van der Waals surface area contributed by atoms with Crippen LogP contribution >= 0.6 is 0 Å². The lowest BCUT2D eigenvalue weighted by atomic mass is 10.1. The third-order valence-electron chi connectivity index (χ3n) is 4.91. The number of nitro benzene ring substituents is 2. The maximum atomic E-state index is 12.6. The van der Waals surface area contributed by atoms with Crippen LogP contribution in [0.5, 0.6) is 0 Å². The van der Waals surface area contributed by atoms with Gasteiger partial charge in [-0.25, -0.2) is 23.1 Å². The van der Waals surface area contributed by atoms with Crippen molar-refractivity contribution in [2.45, 2.75) is 18.7 Å². The maximum Gasteiger partial charge on any atom is 0.280 e. The summed E-state index contributed by atoms with van der Waals surface area (Å²) in [5.41, 5.74) is -1.51. The molecule has 0 aliphatic carbocycles. The number of hydrogen-bond donors (Lipinski definition) is 2. The molecule has 0 unspecified atom stereocenters. The minimum Gasteiger partial charge on any atom is -0.378 e. The fraction of sp³-hybridized carbons (Fsp3) is 0.444. The zero-order valence-corrected chi connectivity index (χ0v) is 18.8. The van der Waals surface area contributed by atoms with Gasteiger partial charge in [0.2, 0.25) is 10.0 Å². The van der Waals surface area contributed by atoms with Crippen LogP contribution in [0.3, 0.4) is 0 Å². The van der Waals surface area contributed by atoms with Gasteiger partial charge in [0.1, 0.15) is 23.0 Å². The normalized spacial score (nSPS) is 14.2. The molecular formula is C18H23N7O7S. The van der Waals surface area contributed by atoms with Gasteiger partial charge in [0.15, 0.2) is 0 Å². The van der Waals surface area contributed by atoms with E-state index in [0.29, 0.717) is 37.9 Å². The predicted octanol–water partition coefficient (Wildman–Crippen LogP) is 1.14. The highest BCUT2D eigenvalue weighted by atomic mass is 32.2. The molecule has 14 nitrogen and oxygen atoms in total. The van der Waals surface area contributed by atoms with Crippen LogP contribution in [0.2, 0.25) is 0 Å². The molecule has 2 N–H and O–H groups in total. The fourth-order valence-corrected chi connectivity index (χ4v) is 4.32. The van der Waals surface area contributed by atoms with Crippen molar-refractivity contribution >= 4 is 33.0 Å². The largest absolute Gasteiger partial charge is 0.378 e. The Labute approximate surface area is 189 Å². The van der Waals surface area contributed by atoms with Crippen molar-refractivity contribution in [2.75, 3.05) is 49.6 Å². The van der Waals surface area contributed by atoms with Gasteiger partial charge in [0.05, 0.1) is 28.0 Å². The molecule has 1 aliphatic heterocycles. The predicted molar refractivity (Wildman–Crippen MR) is 118 cm³/mol. The average Bonchev–Trinajstić information content (AvgIpc) is 2.76. The van der Waals surface area contributed by atoms with Crippen LogP contribution in [0, 0.1) is 34.1 Å². The molecule has 2 aromatic rings. The van der Waals surface area contributed by atoms with Crippen LogP contribution in [-0.4, -0.2) is 67.6 Å². The third-order valence-corrected chi connectivity index (χ3v) is 6.35. The topological polar surface area (TPSA) is 183 Å². The minimum atomic E-state index is -4.23. The van der Waals surface area contributed by atoms with E-state index in [1.807, 2.05) is 0 Å². The van der Waals surface area contributed by atoms with Crippen LogP contribution in [0.4, 0.5) is 23.0 Å². The van der Waals surface area contributed by atoms with Gasteiger partial charge in [-0.15, -0.1) is 0 Å². The van der Waals surface area contributed by atoms with Crippen molar-refractivity contribution in [1.29, 1.82) is 0 Å². The monoisotopic (exact) mass is 481 g/mol. The number of rotatable bonds is 9. The van der Waals surface area contributed by atoms with Gasteiger partial charge in [-0.2, -0.15) is 0 Å². The number of sulfonamides is 1. The molecule has 178 valence electrons. The molecule has 15 heteroatoms. The lowest BCUT2D eigenvalue weighted by molar-refractivity contribution is -0.395. The van der Waals surface area contributed by atoms with Crippen molar-refractivity contribution < 1.29 is 23.0 Å². The second kappa shape index (κ2) is 10.0. The lowest BCUT2D eigenvalue weighted by Crippen LogP contribution is -2.37. The number of benzene rings is 1. The van der Waals surface area contributed by atoms with Crippen LogP contribution < -0.4 is 14.9 Å². The lowest BCUT2D eigenvalue weighted by Gasteiger charge is -2.28. The minimum absolute atomic E-state index is 0.0895. The highest BCUT2D eigenvalue weighted by Gasteiger charge is 2.27. The molecule has 3 rings (SSSR count). The Morgan fingerprint density at radius 1 is 1.03 bits per heavy atom. The summed E-state index contributed by atoms with van der Waals surface area (Å²) < 4.78 is 32.8. The molecule has 0 spiro atoms. The number of hydrogen-bond acceptors (Lipinski definition) is 11. The van der Waals surface area contributed by atoms with Crippen LogP contribution in [0.15, 0.2) is 23.1 Å². The molecule has 0 radical (unpaired) electrons. The third kappa shape index (κ3) is 5.88. The number of ether oxygens (including phenoxy) is 1. The molecular weight excluding hydrogens is 458 g/mol. The number of anilines is 2. The number of nitrogens with one attached hydrogen (secondary N) is 2. The first kappa shape index (κ1) is 24.2. The molecule has 1 aromatic carbocycles. The summed E-state index contributed by atoms with van der Waals surface area (Å²) in [4.78, 5) is 30.9. The Kier molecular flexibility index (Phi) is 7.35. The van der Waals surface area contributed by atoms with Gasteiger partial charge in [-0.1, -0.05) is 0 Å². The number of aromatic nitrogens is 2. The van der Waals surface area contributed by atoms with Gasteiger partial charge in [0.25, 0.3) is 11.4 Å². The number of nitrogens with zero attached hydrogens (tertiary/aromatic N) is 5. The molecule has 2 heterocycles. The number of nitro groups is 2. The van der Waals surface area contributed by atoms with Crippen molar-refractivity contribution in [3.63, 3.8) is 0 Å². The highest BCUT2D eigenvalue weighted by molar-refractivity contribution is 7.89. The second-order valence-corrected chi connectivity index (χ2v) is 8.95. The zero-order valence-electron chi connectivity index (χ0n) is 18.0. The van der Waals surface area contributed by atoms with E-state index >= 15 is 0 Å². The number of morpholine rings is 1. The summed E-state index contributed by atoms with van der Waals surface area (Å²) in [6.07, 6.45) is 0. The summed E-state index contributed by atoms with van der Waals surface area (Å²) in [7, 11) is -4.23. The van der Waals surface area contributed by atoms with E-state index in [9.17, 15) is 28.6 Å². The second-order valence-electron chi connectivity index (χ2n) is 7.18. The fourth-order valence-electron chi connectivity index (χ4n) is 3.25. The van der Waals surface area contributed by atoms with Crippen molar-refractivity contribution in [2.24, 2.45) is 0 Å². The summed E-state index contributed by atoms with van der Waals surface area (Å²) in [6.45, 7) is 5.59. The van der Waals surface area contributed by atoms with Crippen LogP contribution in [-0.2, 0) is 14.8 Å². The smallest absolute Gasteiger partial charge is 0.280 e. The van der Waals surface area contributed by atoms with E-state index in [-0.39, 0.29) is 18.7 Å². The maximum absolute atomic E-state index is 12.6. The molecule has 0 saturated carbocycles. The van der Waals surface area contributed by atoms with E-state index in [4.69, 9.17) is 4.74 Å². The van der Waals surface area contributed by atoms with E-state index in [1.165, 1.54) is 6.92 Å².